The van der Waals surface area contributed by atoms with Crippen LogP contribution in [0.5, 0.6) is 5.75 Å². The number of rotatable bonds is 6. The summed E-state index contributed by atoms with van der Waals surface area (Å²) in [5, 5.41) is 18.6. The molecule has 1 unspecified atom stereocenters. The fourth-order valence-electron chi connectivity index (χ4n) is 4.08. The van der Waals surface area contributed by atoms with Gasteiger partial charge in [-0.05, 0) is 57.8 Å². The predicted octanol–water partition coefficient (Wildman–Crippen LogP) is 2.90. The van der Waals surface area contributed by atoms with Gasteiger partial charge in [0, 0.05) is 44.0 Å². The van der Waals surface area contributed by atoms with Crippen molar-refractivity contribution in [2.75, 3.05) is 55.8 Å². The number of anilines is 3. The van der Waals surface area contributed by atoms with E-state index in [4.69, 9.17) is 10.7 Å². The molecule has 0 radical (unpaired) electrons. The number of para-hydroxylation sites is 1. The number of benzene rings is 1. The second-order valence-electron chi connectivity index (χ2n) is 8.77. The Morgan fingerprint density at radius 3 is 2.76 bits per heavy atom. The van der Waals surface area contributed by atoms with Gasteiger partial charge in [0.2, 0.25) is 0 Å². The molecule has 4 rings (SSSR count). The first-order valence-electron chi connectivity index (χ1n) is 11.5. The van der Waals surface area contributed by atoms with Gasteiger partial charge in [0.1, 0.15) is 11.6 Å². The molecular weight excluding hydrogens is 428 g/mol. The van der Waals surface area contributed by atoms with Crippen molar-refractivity contribution in [3.8, 4) is 17.0 Å². The van der Waals surface area contributed by atoms with Crippen molar-refractivity contribution >= 4 is 23.4 Å². The maximum absolute atomic E-state index is 10.2. The monoisotopic (exact) mass is 460 g/mol. The molecule has 2 aromatic heterocycles. The normalized spacial score (nSPS) is 16.9. The fourth-order valence-corrected chi connectivity index (χ4v) is 4.08. The smallest absolute Gasteiger partial charge is 0.169 e. The first kappa shape index (κ1) is 23.4. The molecule has 1 fully saturated rings. The molecule has 1 atom stereocenters. The Labute approximate surface area is 200 Å². The Morgan fingerprint density at radius 2 is 1.97 bits per heavy atom. The standard InChI is InChI=1S/C25H32N8O/c1-18-11-14-32(21-17-20(29-30-25(21)26)19-7-4-5-8-22(19)34)15-16-33(18)24-10-12-27-23(28-24)9-6-13-31(2)3/h4-10,12,17-18,34H,11,13-16H2,1-3H3,(H2,26,30)/b9-6+. The summed E-state index contributed by atoms with van der Waals surface area (Å²) in [6, 6.07) is 11.3. The summed E-state index contributed by atoms with van der Waals surface area (Å²) >= 11 is 0. The van der Waals surface area contributed by atoms with Crippen LogP contribution in [0.4, 0.5) is 17.3 Å². The minimum Gasteiger partial charge on any atom is -0.507 e. The van der Waals surface area contributed by atoms with Gasteiger partial charge in [-0.2, -0.15) is 0 Å². The fraction of sp³-hybridized carbons (Fsp3) is 0.360. The third kappa shape index (κ3) is 5.43. The van der Waals surface area contributed by atoms with Crippen LogP contribution in [0.25, 0.3) is 17.3 Å². The number of hydrogen-bond donors (Lipinski definition) is 2. The van der Waals surface area contributed by atoms with Crippen molar-refractivity contribution in [3.05, 3.63) is 54.5 Å². The minimum atomic E-state index is 0.169. The van der Waals surface area contributed by atoms with Gasteiger partial charge < -0.3 is 25.5 Å². The average Bonchev–Trinajstić information content (AvgIpc) is 3.01. The highest BCUT2D eigenvalue weighted by Gasteiger charge is 2.24. The maximum atomic E-state index is 10.2. The number of nitrogen functional groups attached to an aromatic ring is 1. The summed E-state index contributed by atoms with van der Waals surface area (Å²) in [7, 11) is 4.06. The van der Waals surface area contributed by atoms with E-state index in [-0.39, 0.29) is 5.75 Å². The number of nitrogens with two attached hydrogens (primary N) is 1. The summed E-state index contributed by atoms with van der Waals surface area (Å²) in [5.74, 6) is 2.19. The molecule has 1 aliphatic heterocycles. The largest absolute Gasteiger partial charge is 0.507 e. The Kier molecular flexibility index (Phi) is 7.22. The number of aromatic hydroxyl groups is 1. The lowest BCUT2D eigenvalue weighted by Crippen LogP contribution is -2.35. The van der Waals surface area contributed by atoms with Crippen LogP contribution in [0.1, 0.15) is 19.2 Å². The molecule has 1 aliphatic rings. The molecule has 3 N–H and O–H groups in total. The molecule has 0 bridgehead atoms. The van der Waals surface area contributed by atoms with Crippen LogP contribution in [0, 0.1) is 0 Å². The third-order valence-electron chi connectivity index (χ3n) is 5.97. The van der Waals surface area contributed by atoms with E-state index in [0.29, 0.717) is 28.9 Å². The van der Waals surface area contributed by atoms with E-state index in [1.807, 2.05) is 50.6 Å². The molecule has 0 spiro atoms. The minimum absolute atomic E-state index is 0.169. The molecule has 3 aromatic rings. The highest BCUT2D eigenvalue weighted by atomic mass is 16.3. The van der Waals surface area contributed by atoms with E-state index in [1.54, 1.807) is 12.1 Å². The second-order valence-corrected chi connectivity index (χ2v) is 8.77. The van der Waals surface area contributed by atoms with Crippen molar-refractivity contribution in [3.63, 3.8) is 0 Å². The lowest BCUT2D eigenvalue weighted by Gasteiger charge is -2.28. The molecule has 1 aromatic carbocycles. The zero-order valence-electron chi connectivity index (χ0n) is 20.0. The van der Waals surface area contributed by atoms with Crippen LogP contribution in [-0.2, 0) is 0 Å². The molecule has 34 heavy (non-hydrogen) atoms. The van der Waals surface area contributed by atoms with Crippen LogP contribution in [-0.4, -0.2) is 76.5 Å². The van der Waals surface area contributed by atoms with Crippen LogP contribution >= 0.6 is 0 Å². The van der Waals surface area contributed by atoms with E-state index in [2.05, 4.69) is 42.9 Å². The first-order valence-corrected chi connectivity index (χ1v) is 11.5. The molecule has 178 valence electrons. The lowest BCUT2D eigenvalue weighted by molar-refractivity contribution is 0.457. The summed E-state index contributed by atoms with van der Waals surface area (Å²) in [5.41, 5.74) is 8.30. The Bertz CT molecular complexity index is 1150. The SMILES string of the molecule is CC1CCN(c2cc(-c3ccccc3O)nnc2N)CCN1c1ccnc(/C=C/CN(C)C)n1. The number of phenolic OH excluding ortho intramolecular Hbond substituents is 1. The molecule has 3 heterocycles. The van der Waals surface area contributed by atoms with Gasteiger partial charge in [-0.25, -0.2) is 9.97 Å². The van der Waals surface area contributed by atoms with E-state index >= 15 is 0 Å². The number of hydrogen-bond acceptors (Lipinski definition) is 9. The summed E-state index contributed by atoms with van der Waals surface area (Å²) in [6.45, 7) is 5.43. The molecule has 1 saturated heterocycles. The van der Waals surface area contributed by atoms with E-state index in [1.165, 1.54) is 0 Å². The molecular formula is C25H32N8O. The number of likely N-dealkylation sites (N-methyl/N-ethyl adjacent to an activating group) is 1. The molecule has 9 nitrogen and oxygen atoms in total. The van der Waals surface area contributed by atoms with Crippen molar-refractivity contribution in [1.29, 1.82) is 0 Å². The van der Waals surface area contributed by atoms with Gasteiger partial charge in [0.15, 0.2) is 11.6 Å². The molecule has 0 saturated carbocycles. The van der Waals surface area contributed by atoms with E-state index < -0.39 is 0 Å². The van der Waals surface area contributed by atoms with Crippen LogP contribution in [0.2, 0.25) is 0 Å². The summed E-state index contributed by atoms with van der Waals surface area (Å²) < 4.78 is 0. The third-order valence-corrected chi connectivity index (χ3v) is 5.97. The van der Waals surface area contributed by atoms with Crippen molar-refractivity contribution < 1.29 is 5.11 Å². The number of nitrogens with zero attached hydrogens (tertiary/aromatic N) is 7. The van der Waals surface area contributed by atoms with Gasteiger partial charge in [-0.3, -0.25) is 0 Å². The summed E-state index contributed by atoms with van der Waals surface area (Å²) in [6.07, 6.45) is 6.77. The van der Waals surface area contributed by atoms with Crippen molar-refractivity contribution in [1.82, 2.24) is 25.1 Å². The first-order chi connectivity index (χ1) is 16.4. The van der Waals surface area contributed by atoms with Gasteiger partial charge >= 0.3 is 0 Å². The molecule has 0 aliphatic carbocycles. The number of phenols is 1. The zero-order valence-corrected chi connectivity index (χ0v) is 20.0. The predicted molar refractivity (Wildman–Crippen MR) is 137 cm³/mol. The Balaban J connectivity index is 1.54. The van der Waals surface area contributed by atoms with Crippen molar-refractivity contribution in [2.24, 2.45) is 0 Å². The zero-order chi connectivity index (χ0) is 24.1. The van der Waals surface area contributed by atoms with Gasteiger partial charge in [0.25, 0.3) is 0 Å². The van der Waals surface area contributed by atoms with Crippen molar-refractivity contribution in [2.45, 2.75) is 19.4 Å². The van der Waals surface area contributed by atoms with Crippen LogP contribution < -0.4 is 15.5 Å². The Hall–Kier alpha value is -3.72. The Morgan fingerprint density at radius 1 is 1.15 bits per heavy atom. The highest BCUT2D eigenvalue weighted by Crippen LogP contribution is 2.32. The second kappa shape index (κ2) is 10.5. The van der Waals surface area contributed by atoms with Crippen LogP contribution in [0.15, 0.2) is 48.7 Å². The van der Waals surface area contributed by atoms with E-state index in [0.717, 1.165) is 44.1 Å². The van der Waals surface area contributed by atoms with Crippen LogP contribution in [0.3, 0.4) is 0 Å². The van der Waals surface area contributed by atoms with Gasteiger partial charge in [0.05, 0.1) is 11.4 Å². The van der Waals surface area contributed by atoms with Gasteiger partial charge in [-0.15, -0.1) is 10.2 Å². The maximum Gasteiger partial charge on any atom is 0.169 e. The van der Waals surface area contributed by atoms with E-state index in [9.17, 15) is 5.11 Å². The lowest BCUT2D eigenvalue weighted by atomic mass is 10.1. The summed E-state index contributed by atoms with van der Waals surface area (Å²) in [4.78, 5) is 15.8. The topological polar surface area (TPSA) is 108 Å². The molecule has 9 heteroatoms. The quantitative estimate of drug-likeness (QED) is 0.574. The average molecular weight is 461 g/mol. The molecule has 0 amide bonds. The van der Waals surface area contributed by atoms with Gasteiger partial charge in [-0.1, -0.05) is 18.2 Å². The number of aromatic nitrogens is 4. The highest BCUT2D eigenvalue weighted by molar-refractivity contribution is 5.74.